The maximum Gasteiger partial charge on any atom is 0.154 e. The fourth-order valence-electron chi connectivity index (χ4n) is 3.28. The van der Waals surface area contributed by atoms with Crippen LogP contribution < -0.4 is 0 Å². The molecular weight excluding hydrogens is 312 g/mol. The van der Waals surface area contributed by atoms with Crippen LogP contribution in [0, 0.1) is 13.8 Å². The molecule has 0 bridgehead atoms. The molecule has 0 fully saturated rings. The molecule has 4 rings (SSSR count). The van der Waals surface area contributed by atoms with E-state index in [1.165, 1.54) is 0 Å². The molecule has 4 aromatic rings. The Kier molecular flexibility index (Phi) is 3.39. The lowest BCUT2D eigenvalue weighted by Crippen LogP contribution is -2.22. The van der Waals surface area contributed by atoms with Crippen LogP contribution >= 0.6 is 0 Å². The van der Waals surface area contributed by atoms with Crippen LogP contribution in [0.2, 0.25) is 0 Å². The summed E-state index contributed by atoms with van der Waals surface area (Å²) in [5.74, 6) is 0. The molecule has 0 N–H and O–H groups in total. The second kappa shape index (κ2) is 5.37. The van der Waals surface area contributed by atoms with Crippen LogP contribution in [0.3, 0.4) is 0 Å². The van der Waals surface area contributed by atoms with Crippen molar-refractivity contribution in [1.29, 1.82) is 0 Å². The van der Waals surface area contributed by atoms with Gasteiger partial charge in [-0.1, -0.05) is 13.8 Å². The monoisotopic (exact) mass is 334 g/mol. The van der Waals surface area contributed by atoms with Crippen LogP contribution in [0.4, 0.5) is 0 Å². The molecular formula is C19H22N6. The van der Waals surface area contributed by atoms with E-state index in [9.17, 15) is 0 Å². The van der Waals surface area contributed by atoms with Crippen molar-refractivity contribution in [2.75, 3.05) is 0 Å². The Morgan fingerprint density at radius 1 is 1.12 bits per heavy atom. The normalized spacial score (nSPS) is 12.4. The summed E-state index contributed by atoms with van der Waals surface area (Å²) >= 11 is 0. The fourth-order valence-corrected chi connectivity index (χ4v) is 3.28. The van der Waals surface area contributed by atoms with Crippen molar-refractivity contribution in [2.24, 2.45) is 7.05 Å². The van der Waals surface area contributed by atoms with E-state index in [1.807, 2.05) is 41.8 Å². The molecule has 6 heteroatoms. The number of pyridine rings is 1. The molecule has 0 unspecified atom stereocenters. The molecule has 128 valence electrons. The van der Waals surface area contributed by atoms with Gasteiger partial charge in [0.15, 0.2) is 5.65 Å². The molecule has 0 saturated heterocycles. The second-order valence-electron chi connectivity index (χ2n) is 7.44. The molecule has 0 saturated carbocycles. The zero-order valence-corrected chi connectivity index (χ0v) is 15.3. The standard InChI is InChI=1S/C19H22N6/c1-12-6-18-22-16(13(2)25(18)21-9-12)8-19(3,4)17-7-15-14(10-20-17)11-24(5)23-15/h6-7,9-11H,8H2,1-5H3. The molecule has 25 heavy (non-hydrogen) atoms. The van der Waals surface area contributed by atoms with Crippen molar-refractivity contribution in [2.45, 2.75) is 39.5 Å². The number of aromatic nitrogens is 6. The quantitative estimate of drug-likeness (QED) is 0.577. The smallest absolute Gasteiger partial charge is 0.154 e. The van der Waals surface area contributed by atoms with Crippen LogP contribution in [0.25, 0.3) is 16.6 Å². The van der Waals surface area contributed by atoms with Crippen LogP contribution in [0.15, 0.2) is 30.7 Å². The third kappa shape index (κ3) is 2.67. The second-order valence-corrected chi connectivity index (χ2v) is 7.44. The molecule has 4 heterocycles. The van der Waals surface area contributed by atoms with Crippen molar-refractivity contribution in [1.82, 2.24) is 29.4 Å². The number of fused-ring (bicyclic) bond motifs is 2. The van der Waals surface area contributed by atoms with E-state index < -0.39 is 0 Å². The predicted molar refractivity (Wildman–Crippen MR) is 97.7 cm³/mol. The third-order valence-corrected chi connectivity index (χ3v) is 4.74. The molecule has 0 spiro atoms. The summed E-state index contributed by atoms with van der Waals surface area (Å²) in [5.41, 5.74) is 6.02. The van der Waals surface area contributed by atoms with E-state index in [-0.39, 0.29) is 5.41 Å². The average Bonchev–Trinajstić information content (AvgIpc) is 3.05. The predicted octanol–water partition coefficient (Wildman–Crippen LogP) is 3.15. The Hall–Kier alpha value is -2.76. The van der Waals surface area contributed by atoms with Crippen molar-refractivity contribution in [3.05, 3.63) is 53.4 Å². The highest BCUT2D eigenvalue weighted by Gasteiger charge is 2.26. The summed E-state index contributed by atoms with van der Waals surface area (Å²) in [6, 6.07) is 4.15. The minimum absolute atomic E-state index is 0.149. The largest absolute Gasteiger partial charge is 0.275 e. The number of hydrogen-bond donors (Lipinski definition) is 0. The van der Waals surface area contributed by atoms with E-state index in [1.54, 1.807) is 0 Å². The Morgan fingerprint density at radius 3 is 2.72 bits per heavy atom. The van der Waals surface area contributed by atoms with Crippen LogP contribution in [-0.2, 0) is 18.9 Å². The Balaban J connectivity index is 1.73. The van der Waals surface area contributed by atoms with Gasteiger partial charge in [-0.05, 0) is 31.5 Å². The minimum atomic E-state index is -0.149. The maximum atomic E-state index is 4.80. The highest BCUT2D eigenvalue weighted by molar-refractivity contribution is 5.77. The van der Waals surface area contributed by atoms with Gasteiger partial charge in [0.25, 0.3) is 0 Å². The zero-order chi connectivity index (χ0) is 17.8. The molecule has 0 atom stereocenters. The SMILES string of the molecule is Cc1cnn2c(C)c(CC(C)(C)c3cc4nn(C)cc4cn3)nc2c1. The topological polar surface area (TPSA) is 60.9 Å². The fraction of sp³-hybridized carbons (Fsp3) is 0.368. The number of rotatable bonds is 3. The van der Waals surface area contributed by atoms with Gasteiger partial charge < -0.3 is 0 Å². The third-order valence-electron chi connectivity index (χ3n) is 4.74. The van der Waals surface area contributed by atoms with E-state index in [2.05, 4.69) is 48.1 Å². The molecule has 0 aliphatic carbocycles. The molecule has 0 aliphatic rings. The minimum Gasteiger partial charge on any atom is -0.275 e. The van der Waals surface area contributed by atoms with Crippen molar-refractivity contribution >= 4 is 16.6 Å². The summed E-state index contributed by atoms with van der Waals surface area (Å²) in [6.45, 7) is 8.51. The molecule has 0 aromatic carbocycles. The van der Waals surface area contributed by atoms with Crippen molar-refractivity contribution in [3.8, 4) is 0 Å². The van der Waals surface area contributed by atoms with Gasteiger partial charge in [0.05, 0.1) is 23.1 Å². The number of hydrogen-bond acceptors (Lipinski definition) is 4. The van der Waals surface area contributed by atoms with Crippen molar-refractivity contribution in [3.63, 3.8) is 0 Å². The maximum absolute atomic E-state index is 4.80. The van der Waals surface area contributed by atoms with Gasteiger partial charge in [-0.2, -0.15) is 10.2 Å². The van der Waals surface area contributed by atoms with Crippen LogP contribution in [-0.4, -0.2) is 29.4 Å². The van der Waals surface area contributed by atoms with E-state index in [4.69, 9.17) is 4.98 Å². The van der Waals surface area contributed by atoms with Crippen molar-refractivity contribution < 1.29 is 0 Å². The lowest BCUT2D eigenvalue weighted by Gasteiger charge is -2.23. The summed E-state index contributed by atoms with van der Waals surface area (Å²) in [7, 11) is 1.93. The molecule has 0 radical (unpaired) electrons. The van der Waals surface area contributed by atoms with Gasteiger partial charge in [0.1, 0.15) is 0 Å². The molecule has 0 aliphatic heterocycles. The van der Waals surface area contributed by atoms with Gasteiger partial charge in [-0.15, -0.1) is 0 Å². The number of imidazole rings is 1. The van der Waals surface area contributed by atoms with Gasteiger partial charge >= 0.3 is 0 Å². The van der Waals surface area contributed by atoms with Gasteiger partial charge in [0.2, 0.25) is 0 Å². The molecule has 4 aromatic heterocycles. The zero-order valence-electron chi connectivity index (χ0n) is 15.3. The van der Waals surface area contributed by atoms with Gasteiger partial charge in [0, 0.05) is 42.4 Å². The summed E-state index contributed by atoms with van der Waals surface area (Å²) < 4.78 is 3.73. The van der Waals surface area contributed by atoms with Gasteiger partial charge in [-0.3, -0.25) is 9.67 Å². The highest BCUT2D eigenvalue weighted by atomic mass is 15.3. The average molecular weight is 334 g/mol. The lowest BCUT2D eigenvalue weighted by molar-refractivity contribution is 0.499. The lowest BCUT2D eigenvalue weighted by atomic mass is 9.83. The first kappa shape index (κ1) is 15.7. The summed E-state index contributed by atoms with van der Waals surface area (Å²) in [5, 5.41) is 10.0. The van der Waals surface area contributed by atoms with E-state index in [0.717, 1.165) is 45.6 Å². The Morgan fingerprint density at radius 2 is 1.92 bits per heavy atom. The number of nitrogens with zero attached hydrogens (tertiary/aromatic N) is 6. The first-order valence-corrected chi connectivity index (χ1v) is 8.44. The Labute approximate surface area is 146 Å². The molecule has 0 amide bonds. The van der Waals surface area contributed by atoms with Crippen LogP contribution in [0.5, 0.6) is 0 Å². The van der Waals surface area contributed by atoms with E-state index in [0.29, 0.717) is 0 Å². The highest BCUT2D eigenvalue weighted by Crippen LogP contribution is 2.29. The first-order chi connectivity index (χ1) is 11.8. The van der Waals surface area contributed by atoms with Crippen LogP contribution in [0.1, 0.15) is 36.5 Å². The Bertz CT molecular complexity index is 1090. The van der Waals surface area contributed by atoms with Gasteiger partial charge in [-0.25, -0.2) is 9.50 Å². The van der Waals surface area contributed by atoms with E-state index >= 15 is 0 Å². The number of aryl methyl sites for hydroxylation is 3. The molecule has 6 nitrogen and oxygen atoms in total. The summed E-state index contributed by atoms with van der Waals surface area (Å²) in [4.78, 5) is 9.49. The first-order valence-electron chi connectivity index (χ1n) is 8.44. The summed E-state index contributed by atoms with van der Waals surface area (Å²) in [6.07, 6.45) is 6.56.